The normalized spacial score (nSPS) is 11.5. The van der Waals surface area contributed by atoms with E-state index in [9.17, 15) is 19.2 Å². The van der Waals surface area contributed by atoms with Crippen LogP contribution in [-0.4, -0.2) is 19.1 Å². The van der Waals surface area contributed by atoms with Gasteiger partial charge in [-0.15, -0.1) is 0 Å². The largest absolute Gasteiger partial charge is 0.333 e. The van der Waals surface area contributed by atoms with Gasteiger partial charge in [-0.05, 0) is 59.7 Å². The molecule has 2 heterocycles. The van der Waals surface area contributed by atoms with Crippen molar-refractivity contribution in [1.29, 1.82) is 0 Å². The third kappa shape index (κ3) is 4.00. The van der Waals surface area contributed by atoms with Crippen LogP contribution in [0.25, 0.3) is 45.3 Å². The molecule has 0 aliphatic carbocycles. The van der Waals surface area contributed by atoms with Crippen molar-refractivity contribution in [3.05, 3.63) is 150 Å². The van der Waals surface area contributed by atoms with Crippen molar-refractivity contribution in [2.45, 2.75) is 0 Å². The summed E-state index contributed by atoms with van der Waals surface area (Å²) in [5.74, 6) is 0. The maximum absolute atomic E-state index is 12.9. The molecule has 8 heteroatoms. The second-order valence-corrected chi connectivity index (χ2v) is 8.75. The number of hydrogen-bond donors (Lipinski definition) is 2. The van der Waals surface area contributed by atoms with Gasteiger partial charge in [-0.3, -0.25) is 9.59 Å². The molecule has 0 radical (unpaired) electrons. The van der Waals surface area contributed by atoms with Gasteiger partial charge < -0.3 is 9.97 Å². The molecule has 0 unspecified atom stereocenters. The summed E-state index contributed by atoms with van der Waals surface area (Å²) in [6.45, 7) is 0. The minimum atomic E-state index is -0.499. The number of aromatic amines is 2. The maximum Gasteiger partial charge on any atom is 0.333 e. The second-order valence-electron chi connectivity index (χ2n) is 8.75. The highest BCUT2D eigenvalue weighted by Gasteiger charge is 2.10. The van der Waals surface area contributed by atoms with Gasteiger partial charge in [-0.1, -0.05) is 60.7 Å². The van der Waals surface area contributed by atoms with Crippen molar-refractivity contribution in [3.8, 4) is 11.4 Å². The van der Waals surface area contributed by atoms with Crippen molar-refractivity contribution < 1.29 is 0 Å². The molecule has 0 aliphatic rings. The Morgan fingerprint density at radius 1 is 0.474 bits per heavy atom. The summed E-state index contributed by atoms with van der Waals surface area (Å²) >= 11 is 0. The van der Waals surface area contributed by atoms with Crippen molar-refractivity contribution in [1.82, 2.24) is 19.1 Å². The van der Waals surface area contributed by atoms with Gasteiger partial charge in [0.25, 0.3) is 11.1 Å². The van der Waals surface area contributed by atoms with Gasteiger partial charge in [0.1, 0.15) is 0 Å². The predicted octanol–water partition coefficient (Wildman–Crippen LogP) is 3.84. The van der Waals surface area contributed by atoms with E-state index in [2.05, 4.69) is 9.97 Å². The Bertz CT molecular complexity index is 1940. The van der Waals surface area contributed by atoms with Crippen molar-refractivity contribution in [2.24, 2.45) is 0 Å². The number of nitrogens with one attached hydrogen (secondary N) is 2. The van der Waals surface area contributed by atoms with E-state index < -0.39 is 11.4 Å². The molecule has 0 spiro atoms. The van der Waals surface area contributed by atoms with E-state index >= 15 is 0 Å². The van der Waals surface area contributed by atoms with Crippen LogP contribution in [0.4, 0.5) is 0 Å². The Kier molecular flexibility index (Phi) is 5.54. The zero-order chi connectivity index (χ0) is 26.2. The molecule has 2 N–H and O–H groups in total. The third-order valence-corrected chi connectivity index (χ3v) is 6.38. The van der Waals surface area contributed by atoms with Crippen LogP contribution in [0, 0.1) is 0 Å². The van der Waals surface area contributed by atoms with E-state index in [-0.39, 0.29) is 11.1 Å². The van der Waals surface area contributed by atoms with Gasteiger partial charge >= 0.3 is 11.4 Å². The Morgan fingerprint density at radius 3 is 1.24 bits per heavy atom. The van der Waals surface area contributed by atoms with E-state index in [4.69, 9.17) is 0 Å². The number of para-hydroxylation sites is 2. The summed E-state index contributed by atoms with van der Waals surface area (Å²) in [5.41, 5.74) is 1.91. The Hall–Kier alpha value is -5.50. The average Bonchev–Trinajstić information content (AvgIpc) is 2.93. The van der Waals surface area contributed by atoms with Crippen molar-refractivity contribution >= 4 is 34.0 Å². The number of rotatable bonds is 4. The maximum atomic E-state index is 12.9. The molecule has 2 aromatic heterocycles. The molecule has 0 fully saturated rings. The zero-order valence-electron chi connectivity index (χ0n) is 19.9. The lowest BCUT2D eigenvalue weighted by Crippen LogP contribution is -2.33. The van der Waals surface area contributed by atoms with Gasteiger partial charge in [0.15, 0.2) is 0 Å². The van der Waals surface area contributed by atoms with E-state index in [1.165, 1.54) is 0 Å². The molecule has 6 rings (SSSR count). The zero-order valence-corrected chi connectivity index (χ0v) is 19.9. The SMILES string of the molecule is O=c1[nH]c2ccccc2c(=O)n1-c1ccc(/C=C/c2ccc(-n3c(=O)[nH]c4ccccc4c3=O)cc2)cc1. The molecule has 38 heavy (non-hydrogen) atoms. The lowest BCUT2D eigenvalue weighted by atomic mass is 10.1. The first-order valence-electron chi connectivity index (χ1n) is 11.9. The van der Waals surface area contributed by atoms with Crippen LogP contribution in [0.15, 0.2) is 116 Å². The number of hydrogen-bond acceptors (Lipinski definition) is 4. The van der Waals surface area contributed by atoms with Crippen LogP contribution in [0.3, 0.4) is 0 Å². The number of fused-ring (bicyclic) bond motifs is 2. The fourth-order valence-electron chi connectivity index (χ4n) is 4.46. The molecule has 4 aromatic carbocycles. The second kappa shape index (κ2) is 9.18. The predicted molar refractivity (Wildman–Crippen MR) is 149 cm³/mol. The van der Waals surface area contributed by atoms with Crippen LogP contribution in [0.1, 0.15) is 11.1 Å². The molecular weight excluding hydrogens is 480 g/mol. The van der Waals surface area contributed by atoms with Gasteiger partial charge in [-0.25, -0.2) is 18.7 Å². The molecule has 0 bridgehead atoms. The van der Waals surface area contributed by atoms with E-state index in [0.29, 0.717) is 33.2 Å². The first-order valence-corrected chi connectivity index (χ1v) is 11.9. The first kappa shape index (κ1) is 22.9. The number of benzene rings is 4. The highest BCUT2D eigenvalue weighted by atomic mass is 16.2. The molecule has 0 aliphatic heterocycles. The standard InChI is InChI=1S/C30H20N4O4/c35-27-23-5-1-3-7-25(23)31-29(37)33(27)21-15-11-19(12-16-21)9-10-20-13-17-22(18-14-20)34-28(36)24-6-2-4-8-26(24)32-30(34)38/h1-18H,(H,31,37)(H,32,38)/b10-9+. The van der Waals surface area contributed by atoms with Crippen molar-refractivity contribution in [2.75, 3.05) is 0 Å². The fraction of sp³-hybridized carbons (Fsp3) is 0. The van der Waals surface area contributed by atoms with Crippen molar-refractivity contribution in [3.63, 3.8) is 0 Å². The lowest BCUT2D eigenvalue weighted by molar-refractivity contribution is 0.901. The van der Waals surface area contributed by atoms with Gasteiger partial charge in [0.2, 0.25) is 0 Å². The van der Waals surface area contributed by atoms with Crippen LogP contribution in [0.2, 0.25) is 0 Å². The van der Waals surface area contributed by atoms with Gasteiger partial charge in [0.05, 0.1) is 33.2 Å². The van der Waals surface area contributed by atoms with E-state index in [1.807, 2.05) is 36.4 Å². The number of aromatic nitrogens is 4. The van der Waals surface area contributed by atoms with Gasteiger partial charge in [0, 0.05) is 0 Å². The monoisotopic (exact) mass is 500 g/mol. The van der Waals surface area contributed by atoms with Crippen LogP contribution < -0.4 is 22.5 Å². The molecular formula is C30H20N4O4. The number of H-pyrrole nitrogens is 2. The van der Waals surface area contributed by atoms with Crippen LogP contribution >= 0.6 is 0 Å². The van der Waals surface area contributed by atoms with E-state index in [0.717, 1.165) is 20.3 Å². The topological polar surface area (TPSA) is 110 Å². The molecule has 6 aromatic rings. The van der Waals surface area contributed by atoms with E-state index in [1.54, 1.807) is 72.8 Å². The number of nitrogens with zero attached hydrogens (tertiary/aromatic N) is 2. The summed E-state index contributed by atoms with van der Waals surface area (Å²) in [6, 6.07) is 27.9. The fourth-order valence-corrected chi connectivity index (χ4v) is 4.46. The molecule has 8 nitrogen and oxygen atoms in total. The quantitative estimate of drug-likeness (QED) is 0.359. The summed E-state index contributed by atoms with van der Waals surface area (Å²) in [5, 5.41) is 0.875. The summed E-state index contributed by atoms with van der Waals surface area (Å²) in [4.78, 5) is 56.3. The van der Waals surface area contributed by atoms with Crippen LogP contribution in [-0.2, 0) is 0 Å². The van der Waals surface area contributed by atoms with Crippen LogP contribution in [0.5, 0.6) is 0 Å². The molecule has 0 saturated heterocycles. The minimum Gasteiger partial charge on any atom is -0.306 e. The third-order valence-electron chi connectivity index (χ3n) is 6.38. The first-order chi connectivity index (χ1) is 18.5. The smallest absolute Gasteiger partial charge is 0.306 e. The molecule has 0 atom stereocenters. The average molecular weight is 501 g/mol. The Balaban J connectivity index is 1.26. The minimum absolute atomic E-state index is 0.378. The summed E-state index contributed by atoms with van der Waals surface area (Å²) in [6.07, 6.45) is 3.78. The molecule has 184 valence electrons. The highest BCUT2D eigenvalue weighted by molar-refractivity contribution is 5.78. The van der Waals surface area contributed by atoms with Gasteiger partial charge in [-0.2, -0.15) is 0 Å². The molecule has 0 saturated carbocycles. The Labute approximate surface area is 214 Å². The summed E-state index contributed by atoms with van der Waals surface area (Å²) < 4.78 is 2.23. The summed E-state index contributed by atoms with van der Waals surface area (Å²) in [7, 11) is 0. The Morgan fingerprint density at radius 2 is 0.842 bits per heavy atom. The molecule has 0 amide bonds. The highest BCUT2D eigenvalue weighted by Crippen LogP contribution is 2.14. The lowest BCUT2D eigenvalue weighted by Gasteiger charge is -2.07.